The van der Waals surface area contributed by atoms with Gasteiger partial charge in [-0.05, 0) is 55.0 Å². The summed E-state index contributed by atoms with van der Waals surface area (Å²) in [5, 5.41) is 0. The lowest BCUT2D eigenvalue weighted by atomic mass is 10.1. The second-order valence-electron chi connectivity index (χ2n) is 5.17. The molecule has 1 fully saturated rings. The lowest BCUT2D eigenvalue weighted by Gasteiger charge is -2.23. The number of nitrogens with two attached hydrogens (primary N) is 1. The molecule has 1 aliphatic rings. The molecule has 2 atom stereocenters. The summed E-state index contributed by atoms with van der Waals surface area (Å²) < 4.78 is 1.14. The molecule has 1 saturated carbocycles. The van der Waals surface area contributed by atoms with Gasteiger partial charge in [-0.3, -0.25) is 0 Å². The molecular weight excluding hydrogens is 276 g/mol. The van der Waals surface area contributed by atoms with Gasteiger partial charge in [0.2, 0.25) is 0 Å². The Balaban J connectivity index is 2.12. The second-order valence-corrected chi connectivity index (χ2v) is 6.08. The van der Waals surface area contributed by atoms with E-state index in [0.29, 0.717) is 6.54 Å². The summed E-state index contributed by atoms with van der Waals surface area (Å²) in [5.41, 5.74) is 8.36. The van der Waals surface area contributed by atoms with Crippen molar-refractivity contribution in [2.75, 3.05) is 25.0 Å². The van der Waals surface area contributed by atoms with Gasteiger partial charge in [0.05, 0.1) is 0 Å². The zero-order chi connectivity index (χ0) is 12.4. The molecule has 2 rings (SSSR count). The smallest absolute Gasteiger partial charge is 0.0397 e. The van der Waals surface area contributed by atoms with Crippen molar-refractivity contribution in [1.29, 1.82) is 0 Å². The average Bonchev–Trinajstić information content (AvgIpc) is 2.94. The minimum atomic E-state index is 0.705. The van der Waals surface area contributed by atoms with E-state index >= 15 is 0 Å². The van der Waals surface area contributed by atoms with E-state index in [9.17, 15) is 0 Å². The van der Waals surface area contributed by atoms with Crippen LogP contribution in [-0.2, 0) is 6.42 Å². The van der Waals surface area contributed by atoms with Gasteiger partial charge in [0.25, 0.3) is 0 Å². The summed E-state index contributed by atoms with van der Waals surface area (Å²) in [7, 11) is 2.19. The predicted octanol–water partition coefficient (Wildman–Crippen LogP) is 3.04. The average molecular weight is 297 g/mol. The van der Waals surface area contributed by atoms with Crippen LogP contribution < -0.4 is 10.6 Å². The van der Waals surface area contributed by atoms with Gasteiger partial charge in [-0.15, -0.1) is 0 Å². The third-order valence-electron chi connectivity index (χ3n) is 3.65. The minimum absolute atomic E-state index is 0.705. The van der Waals surface area contributed by atoms with Crippen molar-refractivity contribution in [3.63, 3.8) is 0 Å². The highest BCUT2D eigenvalue weighted by molar-refractivity contribution is 9.10. The zero-order valence-electron chi connectivity index (χ0n) is 10.6. The summed E-state index contributed by atoms with van der Waals surface area (Å²) in [6.45, 7) is 4.21. The summed E-state index contributed by atoms with van der Waals surface area (Å²) >= 11 is 3.53. The number of halogens is 1. The van der Waals surface area contributed by atoms with Crippen molar-refractivity contribution in [3.8, 4) is 0 Å². The van der Waals surface area contributed by atoms with Crippen molar-refractivity contribution in [2.45, 2.75) is 19.8 Å². The van der Waals surface area contributed by atoms with Gasteiger partial charge < -0.3 is 10.6 Å². The first-order valence-electron chi connectivity index (χ1n) is 6.31. The highest BCUT2D eigenvalue weighted by Gasteiger charge is 2.33. The number of hydrogen-bond donors (Lipinski definition) is 1. The number of hydrogen-bond acceptors (Lipinski definition) is 2. The number of rotatable bonds is 5. The number of benzene rings is 1. The molecule has 1 aromatic carbocycles. The molecular formula is C14H21BrN2. The number of anilines is 1. The van der Waals surface area contributed by atoms with Crippen LogP contribution in [0.15, 0.2) is 22.7 Å². The Kier molecular flexibility index (Phi) is 4.10. The fourth-order valence-electron chi connectivity index (χ4n) is 2.39. The first kappa shape index (κ1) is 12.9. The minimum Gasteiger partial charge on any atom is -0.374 e. The van der Waals surface area contributed by atoms with E-state index in [0.717, 1.165) is 22.7 Å². The van der Waals surface area contributed by atoms with E-state index in [-0.39, 0.29) is 0 Å². The van der Waals surface area contributed by atoms with Gasteiger partial charge >= 0.3 is 0 Å². The molecule has 2 unspecified atom stereocenters. The SMILES string of the molecule is CC1CC1CN(C)c1ccc(Br)cc1CCN. The molecule has 0 heterocycles. The lowest BCUT2D eigenvalue weighted by Crippen LogP contribution is -2.22. The maximum Gasteiger partial charge on any atom is 0.0397 e. The van der Waals surface area contributed by atoms with Crippen LogP contribution in [0, 0.1) is 11.8 Å². The Hall–Kier alpha value is -0.540. The van der Waals surface area contributed by atoms with E-state index < -0.39 is 0 Å². The van der Waals surface area contributed by atoms with E-state index in [1.807, 2.05) is 0 Å². The Morgan fingerprint density at radius 3 is 2.76 bits per heavy atom. The molecule has 1 aliphatic carbocycles. The molecule has 0 radical (unpaired) electrons. The quantitative estimate of drug-likeness (QED) is 0.905. The standard InChI is InChI=1S/C14H21BrN2/c1-10-7-12(10)9-17(2)14-4-3-13(15)8-11(14)5-6-16/h3-4,8,10,12H,5-7,9,16H2,1-2H3. The van der Waals surface area contributed by atoms with Crippen LogP contribution in [0.2, 0.25) is 0 Å². The Morgan fingerprint density at radius 1 is 1.47 bits per heavy atom. The Morgan fingerprint density at radius 2 is 2.18 bits per heavy atom. The Labute approximate surface area is 112 Å². The molecule has 0 aromatic heterocycles. The van der Waals surface area contributed by atoms with Crippen LogP contribution >= 0.6 is 15.9 Å². The molecule has 0 bridgehead atoms. The molecule has 2 nitrogen and oxygen atoms in total. The van der Waals surface area contributed by atoms with Gasteiger partial charge in [0.1, 0.15) is 0 Å². The van der Waals surface area contributed by atoms with Crippen molar-refractivity contribution in [2.24, 2.45) is 17.6 Å². The fourth-order valence-corrected chi connectivity index (χ4v) is 2.79. The molecule has 3 heteroatoms. The van der Waals surface area contributed by atoms with Crippen LogP contribution in [0.25, 0.3) is 0 Å². The van der Waals surface area contributed by atoms with Gasteiger partial charge in [-0.1, -0.05) is 22.9 Å². The van der Waals surface area contributed by atoms with Crippen molar-refractivity contribution in [3.05, 3.63) is 28.2 Å². The monoisotopic (exact) mass is 296 g/mol. The van der Waals surface area contributed by atoms with E-state index in [4.69, 9.17) is 5.73 Å². The fraction of sp³-hybridized carbons (Fsp3) is 0.571. The largest absolute Gasteiger partial charge is 0.374 e. The Bertz CT molecular complexity index is 392. The summed E-state index contributed by atoms with van der Waals surface area (Å²) in [6, 6.07) is 6.50. The second kappa shape index (κ2) is 5.40. The molecule has 0 aliphatic heterocycles. The maximum absolute atomic E-state index is 5.68. The molecule has 94 valence electrons. The molecule has 1 aromatic rings. The van der Waals surface area contributed by atoms with Crippen molar-refractivity contribution < 1.29 is 0 Å². The maximum atomic E-state index is 5.68. The van der Waals surface area contributed by atoms with Crippen LogP contribution in [0.4, 0.5) is 5.69 Å². The van der Waals surface area contributed by atoms with Crippen molar-refractivity contribution >= 4 is 21.6 Å². The van der Waals surface area contributed by atoms with Gasteiger partial charge in [0.15, 0.2) is 0 Å². The lowest BCUT2D eigenvalue weighted by molar-refractivity contribution is 0.722. The van der Waals surface area contributed by atoms with E-state index in [1.165, 1.54) is 24.2 Å². The third kappa shape index (κ3) is 3.23. The zero-order valence-corrected chi connectivity index (χ0v) is 12.2. The van der Waals surface area contributed by atoms with Crippen LogP contribution in [0.5, 0.6) is 0 Å². The van der Waals surface area contributed by atoms with Gasteiger partial charge in [-0.25, -0.2) is 0 Å². The summed E-state index contributed by atoms with van der Waals surface area (Å²) in [4.78, 5) is 2.38. The van der Waals surface area contributed by atoms with Gasteiger partial charge in [-0.2, -0.15) is 0 Å². The highest BCUT2D eigenvalue weighted by Crippen LogP contribution is 2.39. The first-order chi connectivity index (χ1) is 8.11. The van der Waals surface area contributed by atoms with Crippen LogP contribution in [0.1, 0.15) is 18.9 Å². The molecule has 0 saturated heterocycles. The summed E-state index contributed by atoms with van der Waals surface area (Å²) in [6.07, 6.45) is 2.33. The topological polar surface area (TPSA) is 29.3 Å². The normalized spacial score (nSPS) is 22.6. The summed E-state index contributed by atoms with van der Waals surface area (Å²) in [5.74, 6) is 1.79. The highest BCUT2D eigenvalue weighted by atomic mass is 79.9. The molecule has 0 spiro atoms. The first-order valence-corrected chi connectivity index (χ1v) is 7.10. The van der Waals surface area contributed by atoms with E-state index in [2.05, 4.69) is 53.0 Å². The van der Waals surface area contributed by atoms with Crippen LogP contribution in [0.3, 0.4) is 0 Å². The molecule has 0 amide bonds. The van der Waals surface area contributed by atoms with E-state index in [1.54, 1.807) is 0 Å². The number of nitrogens with zero attached hydrogens (tertiary/aromatic N) is 1. The van der Waals surface area contributed by atoms with Crippen molar-refractivity contribution in [1.82, 2.24) is 0 Å². The van der Waals surface area contributed by atoms with Gasteiger partial charge in [0, 0.05) is 23.8 Å². The molecule has 2 N–H and O–H groups in total. The third-order valence-corrected chi connectivity index (χ3v) is 4.14. The predicted molar refractivity (Wildman–Crippen MR) is 77.4 cm³/mol. The van der Waals surface area contributed by atoms with Crippen LogP contribution in [-0.4, -0.2) is 20.1 Å². The molecule has 17 heavy (non-hydrogen) atoms.